The predicted octanol–water partition coefficient (Wildman–Crippen LogP) is 2.48. The number of rotatable bonds is 5. The molecule has 1 aliphatic carbocycles. The number of nitrogens with zero attached hydrogens (tertiary/aromatic N) is 3. The summed E-state index contributed by atoms with van der Waals surface area (Å²) in [6.45, 7) is 3.69. The molecule has 0 aliphatic heterocycles. The fraction of sp³-hybridized carbons (Fsp3) is 0.588. The summed E-state index contributed by atoms with van der Waals surface area (Å²) in [4.78, 5) is 17.8. The van der Waals surface area contributed by atoms with E-state index in [9.17, 15) is 9.90 Å². The van der Waals surface area contributed by atoms with Crippen LogP contribution in [0.25, 0.3) is 0 Å². The van der Waals surface area contributed by atoms with Crippen molar-refractivity contribution < 1.29 is 9.90 Å². The van der Waals surface area contributed by atoms with Crippen LogP contribution in [0.4, 0.5) is 0 Å². The van der Waals surface area contributed by atoms with E-state index in [1.165, 1.54) is 37.0 Å². The highest BCUT2D eigenvalue weighted by Gasteiger charge is 2.27. The highest BCUT2D eigenvalue weighted by molar-refractivity contribution is 7.13. The maximum Gasteiger partial charge on any atom is 0.263 e. The van der Waals surface area contributed by atoms with Crippen LogP contribution in [0.1, 0.15) is 64.5 Å². The van der Waals surface area contributed by atoms with E-state index in [2.05, 4.69) is 15.4 Å². The maximum atomic E-state index is 12.5. The standard InChI is InChI=1S/C17H24N4O2S/c1-11-14(24-16(20-11)12-6-4-5-7-12)15(22)18-10-17(2,23)13-8-19-21(3)9-13/h8-9,12,23H,4-7,10H2,1-3H3,(H,18,22). The molecule has 6 nitrogen and oxygen atoms in total. The molecule has 24 heavy (non-hydrogen) atoms. The van der Waals surface area contributed by atoms with Crippen LogP contribution in [0.3, 0.4) is 0 Å². The Kier molecular flexibility index (Phi) is 4.73. The number of aryl methyl sites for hydroxylation is 2. The van der Waals surface area contributed by atoms with E-state index in [1.54, 1.807) is 31.0 Å². The number of thiazole rings is 1. The van der Waals surface area contributed by atoms with Gasteiger partial charge in [0.05, 0.1) is 23.4 Å². The van der Waals surface area contributed by atoms with Crippen LogP contribution in [0.15, 0.2) is 12.4 Å². The van der Waals surface area contributed by atoms with Crippen molar-refractivity contribution in [3.8, 4) is 0 Å². The minimum atomic E-state index is -1.16. The zero-order valence-electron chi connectivity index (χ0n) is 14.4. The molecule has 0 spiro atoms. The summed E-state index contributed by atoms with van der Waals surface area (Å²) >= 11 is 1.49. The van der Waals surface area contributed by atoms with Gasteiger partial charge in [0.1, 0.15) is 10.5 Å². The smallest absolute Gasteiger partial charge is 0.263 e. The van der Waals surface area contributed by atoms with Crippen molar-refractivity contribution in [3.63, 3.8) is 0 Å². The van der Waals surface area contributed by atoms with Crippen molar-refractivity contribution in [1.82, 2.24) is 20.1 Å². The summed E-state index contributed by atoms with van der Waals surface area (Å²) in [6, 6.07) is 0. The summed E-state index contributed by atoms with van der Waals surface area (Å²) in [5, 5.41) is 18.5. The molecule has 1 unspecified atom stereocenters. The van der Waals surface area contributed by atoms with Crippen LogP contribution < -0.4 is 5.32 Å². The van der Waals surface area contributed by atoms with E-state index in [4.69, 9.17) is 0 Å². The first-order chi connectivity index (χ1) is 11.4. The van der Waals surface area contributed by atoms with Crippen LogP contribution in [-0.2, 0) is 12.6 Å². The van der Waals surface area contributed by atoms with Gasteiger partial charge in [-0.1, -0.05) is 12.8 Å². The number of aliphatic hydroxyl groups is 1. The topological polar surface area (TPSA) is 80.0 Å². The van der Waals surface area contributed by atoms with Gasteiger partial charge in [-0.15, -0.1) is 11.3 Å². The summed E-state index contributed by atoms with van der Waals surface area (Å²) < 4.78 is 1.63. The Bertz CT molecular complexity index is 729. The third-order valence-corrected chi connectivity index (χ3v) is 5.96. The quantitative estimate of drug-likeness (QED) is 0.870. The van der Waals surface area contributed by atoms with Gasteiger partial charge in [-0.2, -0.15) is 5.10 Å². The van der Waals surface area contributed by atoms with Crippen molar-refractivity contribution in [2.24, 2.45) is 7.05 Å². The average Bonchev–Trinajstić information content (AvgIpc) is 3.25. The SMILES string of the molecule is Cc1nc(C2CCCC2)sc1C(=O)NCC(C)(O)c1cnn(C)c1. The third kappa shape index (κ3) is 3.52. The molecule has 130 valence electrons. The fourth-order valence-corrected chi connectivity index (χ4v) is 4.26. The van der Waals surface area contributed by atoms with Crippen molar-refractivity contribution in [2.75, 3.05) is 6.54 Å². The molecule has 1 atom stereocenters. The molecule has 2 heterocycles. The number of aromatic nitrogens is 3. The maximum absolute atomic E-state index is 12.5. The second-order valence-electron chi connectivity index (χ2n) is 6.81. The van der Waals surface area contributed by atoms with Crippen molar-refractivity contribution >= 4 is 17.2 Å². The zero-order chi connectivity index (χ0) is 17.3. The monoisotopic (exact) mass is 348 g/mol. The number of carbonyl (C=O) groups is 1. The first kappa shape index (κ1) is 17.1. The number of nitrogens with one attached hydrogen (secondary N) is 1. The van der Waals surface area contributed by atoms with E-state index in [1.807, 2.05) is 6.92 Å². The molecule has 1 aliphatic rings. The molecule has 2 N–H and O–H groups in total. The van der Waals surface area contributed by atoms with Crippen molar-refractivity contribution in [1.29, 1.82) is 0 Å². The van der Waals surface area contributed by atoms with Gasteiger partial charge in [-0.3, -0.25) is 9.48 Å². The predicted molar refractivity (Wildman–Crippen MR) is 93.2 cm³/mol. The lowest BCUT2D eigenvalue weighted by Crippen LogP contribution is -2.38. The van der Waals surface area contributed by atoms with Crippen LogP contribution in [0, 0.1) is 6.92 Å². The molecule has 0 radical (unpaired) electrons. The highest BCUT2D eigenvalue weighted by Crippen LogP contribution is 2.37. The first-order valence-corrected chi connectivity index (χ1v) is 9.15. The number of hydrogen-bond acceptors (Lipinski definition) is 5. The lowest BCUT2D eigenvalue weighted by Gasteiger charge is -2.22. The van der Waals surface area contributed by atoms with Crippen LogP contribution >= 0.6 is 11.3 Å². The van der Waals surface area contributed by atoms with E-state index in [0.717, 1.165) is 10.7 Å². The van der Waals surface area contributed by atoms with Gasteiger partial charge in [0, 0.05) is 24.7 Å². The second kappa shape index (κ2) is 6.64. The van der Waals surface area contributed by atoms with Crippen LogP contribution in [0.2, 0.25) is 0 Å². The van der Waals surface area contributed by atoms with Gasteiger partial charge in [0.15, 0.2) is 0 Å². The van der Waals surface area contributed by atoms with Crippen LogP contribution in [0.5, 0.6) is 0 Å². The second-order valence-corrected chi connectivity index (χ2v) is 7.84. The van der Waals surface area contributed by atoms with E-state index >= 15 is 0 Å². The minimum Gasteiger partial charge on any atom is -0.383 e. The Morgan fingerprint density at radius 2 is 2.21 bits per heavy atom. The van der Waals surface area contributed by atoms with E-state index in [0.29, 0.717) is 16.4 Å². The summed E-state index contributed by atoms with van der Waals surface area (Å²) in [6.07, 6.45) is 8.20. The molecule has 1 fully saturated rings. The molecule has 1 saturated carbocycles. The molecule has 0 aromatic carbocycles. The largest absolute Gasteiger partial charge is 0.383 e. The fourth-order valence-electron chi connectivity index (χ4n) is 3.11. The lowest BCUT2D eigenvalue weighted by molar-refractivity contribution is 0.0526. The number of amides is 1. The first-order valence-electron chi connectivity index (χ1n) is 8.34. The molecular weight excluding hydrogens is 324 g/mol. The highest BCUT2D eigenvalue weighted by atomic mass is 32.1. The molecule has 0 saturated heterocycles. The van der Waals surface area contributed by atoms with Gasteiger partial charge in [-0.05, 0) is 26.7 Å². The molecule has 2 aromatic rings. The molecule has 0 bridgehead atoms. The molecule has 3 rings (SSSR count). The van der Waals surface area contributed by atoms with Gasteiger partial charge >= 0.3 is 0 Å². The third-order valence-electron chi connectivity index (χ3n) is 4.64. The Balaban J connectivity index is 1.66. The van der Waals surface area contributed by atoms with Crippen LogP contribution in [-0.4, -0.2) is 32.3 Å². The Morgan fingerprint density at radius 3 is 2.83 bits per heavy atom. The van der Waals surface area contributed by atoms with Gasteiger partial charge in [0.2, 0.25) is 0 Å². The Morgan fingerprint density at radius 1 is 1.50 bits per heavy atom. The summed E-state index contributed by atoms with van der Waals surface area (Å²) in [5.74, 6) is 0.340. The van der Waals surface area contributed by atoms with E-state index in [-0.39, 0.29) is 12.5 Å². The van der Waals surface area contributed by atoms with Gasteiger partial charge in [0.25, 0.3) is 5.91 Å². The summed E-state index contributed by atoms with van der Waals surface area (Å²) in [5.41, 5.74) is 0.301. The van der Waals surface area contributed by atoms with Gasteiger partial charge < -0.3 is 10.4 Å². The molecule has 2 aromatic heterocycles. The molecule has 7 heteroatoms. The average molecular weight is 348 g/mol. The molecule has 1 amide bonds. The Hall–Kier alpha value is -1.73. The zero-order valence-corrected chi connectivity index (χ0v) is 15.2. The Labute approximate surface area is 145 Å². The van der Waals surface area contributed by atoms with E-state index < -0.39 is 5.60 Å². The van der Waals surface area contributed by atoms with Crippen molar-refractivity contribution in [3.05, 3.63) is 33.5 Å². The summed E-state index contributed by atoms with van der Waals surface area (Å²) in [7, 11) is 1.80. The number of hydrogen-bond donors (Lipinski definition) is 2. The van der Waals surface area contributed by atoms with Crippen molar-refractivity contribution in [2.45, 2.75) is 51.0 Å². The van der Waals surface area contributed by atoms with Gasteiger partial charge in [-0.25, -0.2) is 4.98 Å². The number of carbonyl (C=O) groups excluding carboxylic acids is 1. The lowest BCUT2D eigenvalue weighted by atomic mass is 10.00. The normalized spacial score (nSPS) is 17.8. The minimum absolute atomic E-state index is 0.133. The molecular formula is C17H24N4O2S.